The van der Waals surface area contributed by atoms with E-state index in [9.17, 15) is 13.2 Å². The molecule has 5 rings (SSSR count). The van der Waals surface area contributed by atoms with Gasteiger partial charge in [-0.2, -0.15) is 0 Å². The standard InChI is InChI=1S/C28H28Cl2N2O5S/c1-36-25-12-9-18(13-26(25)37-23-7-2-3-8-23)19-14-28(33)32(17-19)22-6-4-5-21(16-22)31-38(34,35)27-15-20(29)10-11-24(27)30/h4-6,9-13,15-16,19,23,31H,2-3,7-8,14,17H2,1H3. The van der Waals surface area contributed by atoms with Crippen molar-refractivity contribution < 1.29 is 22.7 Å². The van der Waals surface area contributed by atoms with E-state index in [1.807, 2.05) is 18.2 Å². The molecule has 1 aliphatic heterocycles. The van der Waals surface area contributed by atoms with Gasteiger partial charge in [0, 0.05) is 29.6 Å². The van der Waals surface area contributed by atoms with Gasteiger partial charge in [0.1, 0.15) is 4.90 Å². The van der Waals surface area contributed by atoms with Crippen molar-refractivity contribution in [3.63, 3.8) is 0 Å². The number of carbonyl (C=O) groups is 1. The molecule has 7 nitrogen and oxygen atoms in total. The molecule has 1 unspecified atom stereocenters. The van der Waals surface area contributed by atoms with E-state index >= 15 is 0 Å². The number of rotatable bonds is 8. The lowest BCUT2D eigenvalue weighted by atomic mass is 9.98. The topological polar surface area (TPSA) is 84.9 Å². The SMILES string of the molecule is COc1ccc(C2CC(=O)N(c3cccc(NS(=O)(=O)c4cc(Cl)ccc4Cl)c3)C2)cc1OC1CCCC1. The molecule has 0 spiro atoms. The van der Waals surface area contributed by atoms with E-state index in [0.717, 1.165) is 18.4 Å². The van der Waals surface area contributed by atoms with Crippen LogP contribution in [-0.2, 0) is 14.8 Å². The van der Waals surface area contributed by atoms with E-state index in [4.69, 9.17) is 32.7 Å². The predicted octanol–water partition coefficient (Wildman–Crippen LogP) is 6.64. The lowest BCUT2D eigenvalue weighted by molar-refractivity contribution is -0.117. The monoisotopic (exact) mass is 574 g/mol. The van der Waals surface area contributed by atoms with Crippen LogP contribution in [0.2, 0.25) is 10.0 Å². The highest BCUT2D eigenvalue weighted by molar-refractivity contribution is 7.92. The highest BCUT2D eigenvalue weighted by Gasteiger charge is 2.33. The van der Waals surface area contributed by atoms with E-state index in [2.05, 4.69) is 4.72 Å². The average molecular weight is 576 g/mol. The summed E-state index contributed by atoms with van der Waals surface area (Å²) in [7, 11) is -2.37. The molecule has 1 amide bonds. The predicted molar refractivity (Wildman–Crippen MR) is 149 cm³/mol. The molecule has 10 heteroatoms. The Balaban J connectivity index is 1.34. The zero-order chi connectivity index (χ0) is 26.9. The second-order valence-corrected chi connectivity index (χ2v) is 12.1. The van der Waals surface area contributed by atoms with Crippen LogP contribution >= 0.6 is 23.2 Å². The maximum atomic E-state index is 13.0. The Morgan fingerprint density at radius 2 is 1.76 bits per heavy atom. The average Bonchev–Trinajstić information content (AvgIpc) is 3.55. The smallest absolute Gasteiger partial charge is 0.263 e. The van der Waals surface area contributed by atoms with Crippen LogP contribution in [0.4, 0.5) is 11.4 Å². The van der Waals surface area contributed by atoms with Gasteiger partial charge in [0.15, 0.2) is 11.5 Å². The first-order chi connectivity index (χ1) is 18.2. The fourth-order valence-corrected chi connectivity index (χ4v) is 6.85. The summed E-state index contributed by atoms with van der Waals surface area (Å²) in [5.41, 5.74) is 1.92. The number of carbonyl (C=O) groups excluding carboxylic acids is 1. The Hall–Kier alpha value is -2.94. The number of hydrogen-bond donors (Lipinski definition) is 1. The molecule has 1 saturated heterocycles. The minimum atomic E-state index is -3.99. The third-order valence-corrected chi connectivity index (χ3v) is 9.07. The molecule has 200 valence electrons. The molecule has 1 aliphatic carbocycles. The van der Waals surface area contributed by atoms with Crippen LogP contribution in [0.5, 0.6) is 11.5 Å². The number of nitrogens with zero attached hydrogens (tertiary/aromatic N) is 1. The van der Waals surface area contributed by atoms with Crippen molar-refractivity contribution in [1.82, 2.24) is 0 Å². The van der Waals surface area contributed by atoms with Gasteiger partial charge in [-0.1, -0.05) is 35.3 Å². The van der Waals surface area contributed by atoms with E-state index in [-0.39, 0.29) is 32.9 Å². The molecule has 38 heavy (non-hydrogen) atoms. The van der Waals surface area contributed by atoms with Gasteiger partial charge in [0.05, 0.1) is 23.9 Å². The van der Waals surface area contributed by atoms with Gasteiger partial charge in [-0.25, -0.2) is 8.42 Å². The van der Waals surface area contributed by atoms with Gasteiger partial charge < -0.3 is 14.4 Å². The van der Waals surface area contributed by atoms with Crippen LogP contribution in [0.15, 0.2) is 65.6 Å². The van der Waals surface area contributed by atoms with Crippen LogP contribution < -0.4 is 19.1 Å². The number of sulfonamides is 1. The number of nitrogens with one attached hydrogen (secondary N) is 1. The van der Waals surface area contributed by atoms with E-state index in [1.165, 1.54) is 31.0 Å². The molecule has 0 radical (unpaired) electrons. The highest BCUT2D eigenvalue weighted by atomic mass is 35.5. The fourth-order valence-electron chi connectivity index (χ4n) is 5.04. The van der Waals surface area contributed by atoms with E-state index < -0.39 is 10.0 Å². The minimum Gasteiger partial charge on any atom is -0.493 e. The molecule has 0 bridgehead atoms. The maximum absolute atomic E-state index is 13.0. The van der Waals surface area contributed by atoms with Gasteiger partial charge >= 0.3 is 0 Å². The largest absolute Gasteiger partial charge is 0.493 e. The van der Waals surface area contributed by atoms with Crippen molar-refractivity contribution in [2.24, 2.45) is 0 Å². The Morgan fingerprint density at radius 1 is 0.974 bits per heavy atom. The Labute approximate surface area is 232 Å². The number of halogens is 2. The quantitative estimate of drug-likeness (QED) is 0.325. The van der Waals surface area contributed by atoms with Crippen LogP contribution in [0, 0.1) is 0 Å². The summed E-state index contributed by atoms with van der Waals surface area (Å²) in [6, 6.07) is 16.8. The number of benzene rings is 3. The molecule has 0 aromatic heterocycles. The van der Waals surface area contributed by atoms with Crippen LogP contribution in [0.3, 0.4) is 0 Å². The third kappa shape index (κ3) is 5.72. The van der Waals surface area contributed by atoms with Crippen molar-refractivity contribution in [1.29, 1.82) is 0 Å². The number of methoxy groups -OCH3 is 1. The highest BCUT2D eigenvalue weighted by Crippen LogP contribution is 2.38. The zero-order valence-electron chi connectivity index (χ0n) is 20.8. The molecule has 2 fully saturated rings. The Bertz CT molecular complexity index is 1460. The number of anilines is 2. The van der Waals surface area contributed by atoms with Crippen molar-refractivity contribution in [3.05, 3.63) is 76.3 Å². The van der Waals surface area contributed by atoms with Gasteiger partial charge in [-0.3, -0.25) is 9.52 Å². The van der Waals surface area contributed by atoms with E-state index in [1.54, 1.807) is 36.3 Å². The van der Waals surface area contributed by atoms with Gasteiger partial charge in [-0.05, 0) is 79.8 Å². The first-order valence-electron chi connectivity index (χ1n) is 12.5. The second-order valence-electron chi connectivity index (χ2n) is 9.57. The first kappa shape index (κ1) is 26.7. The second kappa shape index (κ2) is 11.0. The summed E-state index contributed by atoms with van der Waals surface area (Å²) >= 11 is 12.1. The number of amides is 1. The molecule has 3 aromatic carbocycles. The van der Waals surface area contributed by atoms with E-state index in [0.29, 0.717) is 35.8 Å². The maximum Gasteiger partial charge on any atom is 0.263 e. The van der Waals surface area contributed by atoms with Crippen LogP contribution in [0.1, 0.15) is 43.6 Å². The normalized spacial score (nSPS) is 18.1. The van der Waals surface area contributed by atoms with Crippen molar-refractivity contribution in [2.75, 3.05) is 23.3 Å². The zero-order valence-corrected chi connectivity index (χ0v) is 23.2. The first-order valence-corrected chi connectivity index (χ1v) is 14.7. The van der Waals surface area contributed by atoms with Crippen molar-refractivity contribution in [2.45, 2.75) is 49.0 Å². The molecule has 2 aliphatic rings. The molecule has 1 atom stereocenters. The summed E-state index contributed by atoms with van der Waals surface area (Å²) in [4.78, 5) is 14.6. The Kier molecular flexibility index (Phi) is 7.75. The number of hydrogen-bond acceptors (Lipinski definition) is 5. The Morgan fingerprint density at radius 3 is 2.53 bits per heavy atom. The summed E-state index contributed by atoms with van der Waals surface area (Å²) in [5.74, 6) is 1.31. The van der Waals surface area contributed by atoms with Crippen molar-refractivity contribution >= 4 is 50.5 Å². The third-order valence-electron chi connectivity index (χ3n) is 6.97. The molecule has 1 heterocycles. The van der Waals surface area contributed by atoms with Gasteiger partial charge in [0.25, 0.3) is 10.0 Å². The summed E-state index contributed by atoms with van der Waals surface area (Å²) in [6.07, 6.45) is 4.93. The lowest BCUT2D eigenvalue weighted by Gasteiger charge is -2.20. The summed E-state index contributed by atoms with van der Waals surface area (Å²) in [6.45, 7) is 0.463. The van der Waals surface area contributed by atoms with Gasteiger partial charge in [-0.15, -0.1) is 0 Å². The van der Waals surface area contributed by atoms with Crippen LogP contribution in [0.25, 0.3) is 0 Å². The summed E-state index contributed by atoms with van der Waals surface area (Å²) in [5, 5.41) is 0.318. The summed E-state index contributed by atoms with van der Waals surface area (Å²) < 4.78 is 40.2. The minimum absolute atomic E-state index is 0.0371. The number of ether oxygens (including phenoxy) is 2. The van der Waals surface area contributed by atoms with Crippen LogP contribution in [-0.4, -0.2) is 34.1 Å². The molecule has 1 saturated carbocycles. The molecular formula is C28H28Cl2N2O5S. The van der Waals surface area contributed by atoms with Gasteiger partial charge in [0.2, 0.25) is 5.91 Å². The molecular weight excluding hydrogens is 547 g/mol. The lowest BCUT2D eigenvalue weighted by Crippen LogP contribution is -2.24. The molecule has 1 N–H and O–H groups in total. The van der Waals surface area contributed by atoms with Crippen molar-refractivity contribution in [3.8, 4) is 11.5 Å². The fraction of sp³-hybridized carbons (Fsp3) is 0.321. The molecule has 3 aromatic rings.